The SMILES string of the molecule is CNC(=O)C(C)Nc1ccc(F)c(C)c1. The quantitative estimate of drug-likeness (QED) is 0.797. The largest absolute Gasteiger partial charge is 0.374 e. The molecule has 1 unspecified atom stereocenters. The molecule has 1 rings (SSSR count). The third-order valence-corrected chi connectivity index (χ3v) is 2.18. The number of aryl methyl sites for hydroxylation is 1. The molecule has 4 heteroatoms. The van der Waals surface area contributed by atoms with Crippen molar-refractivity contribution in [2.75, 3.05) is 12.4 Å². The van der Waals surface area contributed by atoms with Crippen molar-refractivity contribution in [1.82, 2.24) is 5.32 Å². The fraction of sp³-hybridized carbons (Fsp3) is 0.364. The number of rotatable bonds is 3. The minimum Gasteiger partial charge on any atom is -0.374 e. The number of benzene rings is 1. The highest BCUT2D eigenvalue weighted by Gasteiger charge is 2.10. The topological polar surface area (TPSA) is 41.1 Å². The van der Waals surface area contributed by atoms with Crippen LogP contribution in [0, 0.1) is 12.7 Å². The zero-order valence-electron chi connectivity index (χ0n) is 9.10. The minimum atomic E-state index is -0.333. The van der Waals surface area contributed by atoms with Crippen LogP contribution in [0.5, 0.6) is 0 Å². The van der Waals surface area contributed by atoms with Gasteiger partial charge in [-0.05, 0) is 37.6 Å². The lowest BCUT2D eigenvalue weighted by Gasteiger charge is -2.14. The number of halogens is 1. The summed E-state index contributed by atoms with van der Waals surface area (Å²) in [5.41, 5.74) is 1.30. The van der Waals surface area contributed by atoms with Crippen molar-refractivity contribution in [1.29, 1.82) is 0 Å². The summed E-state index contributed by atoms with van der Waals surface area (Å²) < 4.78 is 13.0. The Balaban J connectivity index is 2.73. The number of carbonyl (C=O) groups is 1. The maximum absolute atomic E-state index is 13.0. The Hall–Kier alpha value is -1.58. The van der Waals surface area contributed by atoms with Crippen LogP contribution < -0.4 is 10.6 Å². The van der Waals surface area contributed by atoms with Gasteiger partial charge in [0.15, 0.2) is 0 Å². The molecule has 2 N–H and O–H groups in total. The molecule has 0 aromatic heterocycles. The standard InChI is InChI=1S/C11H15FN2O/c1-7-6-9(4-5-10(7)12)14-8(2)11(15)13-3/h4-6,8,14H,1-3H3,(H,13,15). The molecule has 0 aliphatic heterocycles. The number of nitrogens with one attached hydrogen (secondary N) is 2. The lowest BCUT2D eigenvalue weighted by Crippen LogP contribution is -2.35. The molecule has 0 spiro atoms. The van der Waals surface area contributed by atoms with Gasteiger partial charge in [-0.1, -0.05) is 0 Å². The summed E-state index contributed by atoms with van der Waals surface area (Å²) in [5, 5.41) is 5.52. The highest BCUT2D eigenvalue weighted by molar-refractivity contribution is 5.83. The van der Waals surface area contributed by atoms with Crippen LogP contribution in [0.15, 0.2) is 18.2 Å². The first-order valence-electron chi connectivity index (χ1n) is 4.79. The van der Waals surface area contributed by atoms with Crippen LogP contribution >= 0.6 is 0 Å². The van der Waals surface area contributed by atoms with E-state index in [-0.39, 0.29) is 17.8 Å². The maximum atomic E-state index is 13.0. The van der Waals surface area contributed by atoms with Crippen LogP contribution in [0.3, 0.4) is 0 Å². The zero-order valence-corrected chi connectivity index (χ0v) is 9.10. The molecule has 0 bridgehead atoms. The van der Waals surface area contributed by atoms with E-state index in [1.165, 1.54) is 6.07 Å². The molecular formula is C11H15FN2O. The van der Waals surface area contributed by atoms with Crippen molar-refractivity contribution in [3.8, 4) is 0 Å². The second-order valence-corrected chi connectivity index (χ2v) is 3.44. The molecule has 1 atom stereocenters. The van der Waals surface area contributed by atoms with Gasteiger partial charge in [0.05, 0.1) is 0 Å². The molecule has 0 heterocycles. The minimum absolute atomic E-state index is 0.100. The molecule has 3 nitrogen and oxygen atoms in total. The predicted molar refractivity (Wildman–Crippen MR) is 58.3 cm³/mol. The first-order chi connectivity index (χ1) is 7.04. The smallest absolute Gasteiger partial charge is 0.241 e. The van der Waals surface area contributed by atoms with Crippen LogP contribution in [0.2, 0.25) is 0 Å². The van der Waals surface area contributed by atoms with Crippen molar-refractivity contribution in [2.45, 2.75) is 19.9 Å². The van der Waals surface area contributed by atoms with Gasteiger partial charge in [-0.2, -0.15) is 0 Å². The Bertz CT molecular complexity index is 366. The van der Waals surface area contributed by atoms with E-state index in [1.807, 2.05) is 0 Å². The Labute approximate surface area is 88.7 Å². The average Bonchev–Trinajstić information content (AvgIpc) is 2.22. The van der Waals surface area contributed by atoms with E-state index < -0.39 is 0 Å². The number of carbonyl (C=O) groups excluding carboxylic acids is 1. The Morgan fingerprint density at radius 2 is 2.13 bits per heavy atom. The van der Waals surface area contributed by atoms with Crippen LogP contribution in [-0.4, -0.2) is 19.0 Å². The van der Waals surface area contributed by atoms with Gasteiger partial charge in [0.25, 0.3) is 0 Å². The van der Waals surface area contributed by atoms with Crippen molar-refractivity contribution >= 4 is 11.6 Å². The van der Waals surface area contributed by atoms with Crippen LogP contribution in [0.25, 0.3) is 0 Å². The zero-order chi connectivity index (χ0) is 11.4. The lowest BCUT2D eigenvalue weighted by molar-refractivity contribution is -0.121. The first-order valence-corrected chi connectivity index (χ1v) is 4.79. The molecule has 1 aromatic carbocycles. The summed E-state index contributed by atoms with van der Waals surface area (Å²) >= 11 is 0. The van der Waals surface area contributed by atoms with E-state index in [2.05, 4.69) is 10.6 Å². The number of hydrogen-bond donors (Lipinski definition) is 2. The number of amides is 1. The summed E-state index contributed by atoms with van der Waals surface area (Å²) in [6, 6.07) is 4.34. The van der Waals surface area contributed by atoms with Crippen LogP contribution in [-0.2, 0) is 4.79 Å². The fourth-order valence-electron chi connectivity index (χ4n) is 1.27. The third kappa shape index (κ3) is 2.94. The average molecular weight is 210 g/mol. The van der Waals surface area contributed by atoms with E-state index in [0.29, 0.717) is 5.56 Å². The molecule has 0 saturated heterocycles. The van der Waals surface area contributed by atoms with Crippen molar-refractivity contribution in [2.24, 2.45) is 0 Å². The van der Waals surface area contributed by atoms with E-state index in [0.717, 1.165) is 5.69 Å². The van der Waals surface area contributed by atoms with Crippen LogP contribution in [0.4, 0.5) is 10.1 Å². The highest BCUT2D eigenvalue weighted by Crippen LogP contribution is 2.14. The van der Waals surface area contributed by atoms with Gasteiger partial charge in [-0.3, -0.25) is 4.79 Å². The molecule has 15 heavy (non-hydrogen) atoms. The van der Waals surface area contributed by atoms with E-state index >= 15 is 0 Å². The summed E-state index contributed by atoms with van der Waals surface area (Å²) in [5.74, 6) is -0.342. The fourth-order valence-corrected chi connectivity index (χ4v) is 1.27. The van der Waals surface area contributed by atoms with E-state index in [4.69, 9.17) is 0 Å². The number of anilines is 1. The maximum Gasteiger partial charge on any atom is 0.241 e. The Kier molecular flexibility index (Phi) is 3.66. The summed E-state index contributed by atoms with van der Waals surface area (Å²) in [4.78, 5) is 11.2. The van der Waals surface area contributed by atoms with E-state index in [1.54, 1.807) is 33.0 Å². The molecule has 0 aliphatic rings. The van der Waals surface area contributed by atoms with Gasteiger partial charge in [0.1, 0.15) is 11.9 Å². The van der Waals surface area contributed by atoms with Crippen molar-refractivity contribution in [3.05, 3.63) is 29.6 Å². The molecule has 0 saturated carbocycles. The van der Waals surface area contributed by atoms with Gasteiger partial charge >= 0.3 is 0 Å². The first kappa shape index (κ1) is 11.5. The second-order valence-electron chi connectivity index (χ2n) is 3.44. The normalized spacial score (nSPS) is 12.0. The molecule has 0 aliphatic carbocycles. The highest BCUT2D eigenvalue weighted by atomic mass is 19.1. The van der Waals surface area contributed by atoms with Gasteiger partial charge < -0.3 is 10.6 Å². The third-order valence-electron chi connectivity index (χ3n) is 2.18. The summed E-state index contributed by atoms with van der Waals surface area (Å²) in [7, 11) is 1.58. The second kappa shape index (κ2) is 4.77. The lowest BCUT2D eigenvalue weighted by atomic mass is 10.2. The monoisotopic (exact) mass is 210 g/mol. The van der Waals surface area contributed by atoms with E-state index in [9.17, 15) is 9.18 Å². The summed E-state index contributed by atoms with van der Waals surface area (Å²) in [6.45, 7) is 3.43. The van der Waals surface area contributed by atoms with Gasteiger partial charge in [0.2, 0.25) is 5.91 Å². The van der Waals surface area contributed by atoms with Gasteiger partial charge in [-0.25, -0.2) is 4.39 Å². The molecule has 82 valence electrons. The molecule has 1 amide bonds. The Morgan fingerprint density at radius 3 is 2.67 bits per heavy atom. The number of likely N-dealkylation sites (N-methyl/N-ethyl adjacent to an activating group) is 1. The molecular weight excluding hydrogens is 195 g/mol. The number of hydrogen-bond acceptors (Lipinski definition) is 2. The molecule has 1 aromatic rings. The van der Waals surface area contributed by atoms with Crippen molar-refractivity contribution in [3.63, 3.8) is 0 Å². The molecule has 0 radical (unpaired) electrons. The molecule has 0 fully saturated rings. The summed E-state index contributed by atoms with van der Waals surface area (Å²) in [6.07, 6.45) is 0. The van der Waals surface area contributed by atoms with Gasteiger partial charge in [-0.15, -0.1) is 0 Å². The Morgan fingerprint density at radius 1 is 1.47 bits per heavy atom. The van der Waals surface area contributed by atoms with Crippen molar-refractivity contribution < 1.29 is 9.18 Å². The predicted octanol–water partition coefficient (Wildman–Crippen LogP) is 1.68. The van der Waals surface area contributed by atoms with Gasteiger partial charge in [0, 0.05) is 12.7 Å². The van der Waals surface area contributed by atoms with Crippen LogP contribution in [0.1, 0.15) is 12.5 Å².